The van der Waals surface area contributed by atoms with E-state index in [1.54, 1.807) is 0 Å². The van der Waals surface area contributed by atoms with Crippen molar-refractivity contribution in [3.05, 3.63) is 34.9 Å². The zero-order valence-electron chi connectivity index (χ0n) is 19.5. The van der Waals surface area contributed by atoms with E-state index in [1.807, 2.05) is 0 Å². The van der Waals surface area contributed by atoms with E-state index in [4.69, 9.17) is 10.9 Å². The minimum atomic E-state index is -1.06. The molecule has 0 bridgehead atoms. The second kappa shape index (κ2) is 16.6. The fourth-order valence-electron chi connectivity index (χ4n) is 2.68. The molecular weight excluding hydrogens is 414 g/mol. The molecule has 2 atom stereocenters. The Morgan fingerprint density at radius 2 is 1.55 bits per heavy atom. The van der Waals surface area contributed by atoms with Crippen molar-refractivity contribution in [1.82, 2.24) is 10.7 Å². The van der Waals surface area contributed by atoms with E-state index in [-0.39, 0.29) is 6.42 Å². The largest absolute Gasteiger partial charge is 0.481 e. The summed E-state index contributed by atoms with van der Waals surface area (Å²) in [6, 6.07) is -0.807. The number of thioether (sulfide) groups is 1. The molecule has 31 heavy (non-hydrogen) atoms. The summed E-state index contributed by atoms with van der Waals surface area (Å²) in [7, 11) is 0. The van der Waals surface area contributed by atoms with Gasteiger partial charge in [-0.1, -0.05) is 41.9 Å². The summed E-state index contributed by atoms with van der Waals surface area (Å²) in [5.41, 5.74) is 6.08. The Hall–Kier alpha value is -2.06. The average molecular weight is 454 g/mol. The molecule has 0 rings (SSSR count). The van der Waals surface area contributed by atoms with E-state index in [0.717, 1.165) is 25.7 Å². The van der Waals surface area contributed by atoms with Crippen molar-refractivity contribution in [2.24, 2.45) is 11.8 Å². The predicted octanol–water partition coefficient (Wildman–Crippen LogP) is 3.72. The van der Waals surface area contributed by atoms with Gasteiger partial charge in [-0.3, -0.25) is 19.8 Å². The highest BCUT2D eigenvalue weighted by atomic mass is 32.2. The number of hydrogen-bond acceptors (Lipinski definition) is 5. The molecule has 0 spiro atoms. The van der Waals surface area contributed by atoms with Crippen molar-refractivity contribution in [1.29, 1.82) is 0 Å². The first-order valence-electron chi connectivity index (χ1n) is 10.6. The van der Waals surface area contributed by atoms with Crippen molar-refractivity contribution in [3.8, 4) is 0 Å². The Morgan fingerprint density at radius 3 is 2.10 bits per heavy atom. The van der Waals surface area contributed by atoms with Gasteiger partial charge in [-0.05, 0) is 53.4 Å². The number of hydrazine groups is 1. The highest BCUT2D eigenvalue weighted by molar-refractivity contribution is 7.99. The number of allylic oxidation sites excluding steroid dienone is 5. The highest BCUT2D eigenvalue weighted by Gasteiger charge is 2.24. The number of carboxylic acids is 1. The van der Waals surface area contributed by atoms with E-state index >= 15 is 0 Å². The van der Waals surface area contributed by atoms with Crippen LogP contribution in [0.4, 0.5) is 0 Å². The van der Waals surface area contributed by atoms with Crippen LogP contribution in [-0.4, -0.2) is 40.4 Å². The van der Waals surface area contributed by atoms with E-state index in [0.29, 0.717) is 11.5 Å². The number of carboxylic acid groups (broad SMARTS) is 1. The zero-order chi connectivity index (χ0) is 23.8. The van der Waals surface area contributed by atoms with Crippen LogP contribution in [0.25, 0.3) is 0 Å². The first-order chi connectivity index (χ1) is 14.6. The average Bonchev–Trinajstić information content (AvgIpc) is 2.68. The monoisotopic (exact) mass is 453 g/mol. The number of carbonyl (C=O) groups excluding carboxylic acids is 2. The van der Waals surface area contributed by atoms with Crippen LogP contribution < -0.4 is 16.6 Å². The number of rotatable bonds is 15. The lowest BCUT2D eigenvalue weighted by Gasteiger charge is -2.18. The minimum absolute atomic E-state index is 0.291. The number of nitrogens with two attached hydrogens (primary N) is 1. The molecule has 2 amide bonds. The predicted molar refractivity (Wildman–Crippen MR) is 128 cm³/mol. The third-order valence-electron chi connectivity index (χ3n) is 4.66. The van der Waals surface area contributed by atoms with Crippen molar-refractivity contribution in [2.75, 3.05) is 11.5 Å². The lowest BCUT2D eigenvalue weighted by Crippen LogP contribution is -2.51. The molecule has 176 valence electrons. The van der Waals surface area contributed by atoms with Gasteiger partial charge in [0, 0.05) is 17.4 Å². The SMILES string of the molecule is CC(C)=CCCC(C)=CCCC(C)=CCSCC(NC(=O)[C@@H](C)CC(=O)O)C(=O)NN. The molecule has 0 aromatic heterocycles. The van der Waals surface area contributed by atoms with Gasteiger partial charge in [0.15, 0.2) is 0 Å². The molecular formula is C23H39N3O4S. The second-order valence-corrected chi connectivity index (χ2v) is 9.14. The van der Waals surface area contributed by atoms with Gasteiger partial charge < -0.3 is 10.4 Å². The fourth-order valence-corrected chi connectivity index (χ4v) is 3.69. The molecule has 7 nitrogen and oxygen atoms in total. The van der Waals surface area contributed by atoms with Gasteiger partial charge in [-0.25, -0.2) is 5.84 Å². The standard InChI is InChI=1S/C23H39N3O4S/c1-16(2)8-6-9-17(3)10-7-11-18(4)12-13-31-15-20(23(30)26-24)25-22(29)19(5)14-21(27)28/h8,10,12,19-20H,6-7,9,11,13-15,24H2,1-5H3,(H,25,29)(H,26,30)(H,27,28)/t19-,20?/m0/s1. The Labute approximate surface area is 191 Å². The van der Waals surface area contributed by atoms with Crippen LogP contribution in [0.1, 0.15) is 66.7 Å². The maximum atomic E-state index is 12.1. The molecule has 0 saturated carbocycles. The zero-order valence-corrected chi connectivity index (χ0v) is 20.3. The quantitative estimate of drug-likeness (QED) is 0.0985. The summed E-state index contributed by atoms with van der Waals surface area (Å²) < 4.78 is 0. The number of nitrogens with one attached hydrogen (secondary N) is 2. The summed E-state index contributed by atoms with van der Waals surface area (Å²) >= 11 is 1.51. The number of carbonyl (C=O) groups is 3. The number of amides is 2. The highest BCUT2D eigenvalue weighted by Crippen LogP contribution is 2.13. The number of hydrogen-bond donors (Lipinski definition) is 4. The molecule has 0 aliphatic rings. The Bertz CT molecular complexity index is 682. The van der Waals surface area contributed by atoms with Crippen LogP contribution in [0.3, 0.4) is 0 Å². The lowest BCUT2D eigenvalue weighted by molar-refractivity contribution is -0.141. The Kier molecular flexibility index (Phi) is 15.5. The van der Waals surface area contributed by atoms with Crippen molar-refractivity contribution >= 4 is 29.5 Å². The van der Waals surface area contributed by atoms with Crippen molar-refractivity contribution < 1.29 is 19.5 Å². The van der Waals surface area contributed by atoms with Crippen LogP contribution in [0.5, 0.6) is 0 Å². The third-order valence-corrected chi connectivity index (χ3v) is 5.63. The first-order valence-corrected chi connectivity index (χ1v) is 11.8. The Morgan fingerprint density at radius 1 is 0.968 bits per heavy atom. The van der Waals surface area contributed by atoms with Gasteiger partial charge in [0.2, 0.25) is 5.91 Å². The molecule has 0 saturated heterocycles. The molecule has 0 aromatic carbocycles. The van der Waals surface area contributed by atoms with Crippen LogP contribution in [0, 0.1) is 5.92 Å². The van der Waals surface area contributed by atoms with Gasteiger partial charge in [-0.2, -0.15) is 11.8 Å². The first kappa shape index (κ1) is 28.9. The topological polar surface area (TPSA) is 122 Å². The maximum absolute atomic E-state index is 12.1. The lowest BCUT2D eigenvalue weighted by atomic mass is 10.1. The molecule has 0 radical (unpaired) electrons. The molecule has 8 heteroatoms. The smallest absolute Gasteiger partial charge is 0.304 e. The van der Waals surface area contributed by atoms with Crippen LogP contribution in [-0.2, 0) is 14.4 Å². The summed E-state index contributed by atoms with van der Waals surface area (Å²) in [6.07, 6.45) is 10.5. The van der Waals surface area contributed by atoms with E-state index in [1.165, 1.54) is 35.4 Å². The minimum Gasteiger partial charge on any atom is -0.481 e. The van der Waals surface area contributed by atoms with Crippen LogP contribution >= 0.6 is 11.8 Å². The van der Waals surface area contributed by atoms with Crippen molar-refractivity contribution in [3.63, 3.8) is 0 Å². The van der Waals surface area contributed by atoms with Crippen molar-refractivity contribution in [2.45, 2.75) is 72.8 Å². The second-order valence-electron chi connectivity index (χ2n) is 8.07. The van der Waals surface area contributed by atoms with Crippen LogP contribution in [0.2, 0.25) is 0 Å². The van der Waals surface area contributed by atoms with E-state index in [9.17, 15) is 14.4 Å². The summed E-state index contributed by atoms with van der Waals surface area (Å²) in [4.78, 5) is 34.8. The summed E-state index contributed by atoms with van der Waals surface area (Å²) in [5, 5.41) is 11.4. The molecule has 0 aromatic rings. The summed E-state index contributed by atoms with van der Waals surface area (Å²) in [6.45, 7) is 10.00. The van der Waals surface area contributed by atoms with Gasteiger partial charge in [-0.15, -0.1) is 0 Å². The van der Waals surface area contributed by atoms with Gasteiger partial charge in [0.1, 0.15) is 6.04 Å². The van der Waals surface area contributed by atoms with E-state index < -0.39 is 29.7 Å². The molecule has 0 aliphatic carbocycles. The fraction of sp³-hybridized carbons (Fsp3) is 0.609. The molecule has 0 heterocycles. The third kappa shape index (κ3) is 15.4. The van der Waals surface area contributed by atoms with E-state index in [2.05, 4.69) is 56.7 Å². The number of aliphatic carboxylic acids is 1. The Balaban J connectivity index is 4.43. The molecule has 5 N–H and O–H groups in total. The normalized spacial score (nSPS) is 13.9. The van der Waals surface area contributed by atoms with Gasteiger partial charge >= 0.3 is 5.97 Å². The van der Waals surface area contributed by atoms with Crippen LogP contribution in [0.15, 0.2) is 34.9 Å². The molecule has 0 fully saturated rings. The molecule has 1 unspecified atom stereocenters. The maximum Gasteiger partial charge on any atom is 0.304 e. The van der Waals surface area contributed by atoms with Gasteiger partial charge in [0.25, 0.3) is 5.91 Å². The molecule has 0 aliphatic heterocycles. The van der Waals surface area contributed by atoms with Gasteiger partial charge in [0.05, 0.1) is 6.42 Å². The summed E-state index contributed by atoms with van der Waals surface area (Å²) in [5.74, 6) is 3.50.